The van der Waals surface area contributed by atoms with Crippen LogP contribution in [0.25, 0.3) is 0 Å². The highest BCUT2D eigenvalue weighted by atomic mass is 16.2. The summed E-state index contributed by atoms with van der Waals surface area (Å²) in [6, 6.07) is 7.57. The van der Waals surface area contributed by atoms with Gasteiger partial charge in [0.2, 0.25) is 5.95 Å². The lowest BCUT2D eigenvalue weighted by Gasteiger charge is -2.16. The fraction of sp³-hybridized carbons (Fsp3) is 0.267. The molecular formula is C15H17N5O. The van der Waals surface area contributed by atoms with Gasteiger partial charge in [-0.05, 0) is 24.3 Å². The van der Waals surface area contributed by atoms with Crippen LogP contribution in [0.5, 0.6) is 0 Å². The zero-order chi connectivity index (χ0) is 15.0. The maximum Gasteiger partial charge on any atom is 0.254 e. The quantitative estimate of drug-likeness (QED) is 0.898. The second kappa shape index (κ2) is 5.05. The summed E-state index contributed by atoms with van der Waals surface area (Å²) in [6.07, 6.45) is 1.69. The summed E-state index contributed by atoms with van der Waals surface area (Å²) in [6.45, 7) is 1.01. The summed E-state index contributed by atoms with van der Waals surface area (Å²) in [7, 11) is 3.94. The first-order valence-corrected chi connectivity index (χ1v) is 6.71. The summed E-state index contributed by atoms with van der Waals surface area (Å²) in [5.74, 6) is 0.246. The van der Waals surface area contributed by atoms with Crippen LogP contribution in [-0.2, 0) is 13.1 Å². The number of aromatic nitrogens is 2. The molecule has 0 radical (unpaired) electrons. The second-order valence-corrected chi connectivity index (χ2v) is 5.30. The van der Waals surface area contributed by atoms with Crippen LogP contribution in [0.3, 0.4) is 0 Å². The lowest BCUT2D eigenvalue weighted by atomic mass is 10.2. The third kappa shape index (κ3) is 2.52. The van der Waals surface area contributed by atoms with E-state index in [2.05, 4.69) is 9.97 Å². The number of amides is 1. The van der Waals surface area contributed by atoms with Crippen molar-refractivity contribution < 1.29 is 4.79 Å². The summed E-state index contributed by atoms with van der Waals surface area (Å²) in [5.41, 5.74) is 9.11. The first kappa shape index (κ1) is 13.4. The van der Waals surface area contributed by atoms with Gasteiger partial charge < -0.3 is 15.5 Å². The van der Waals surface area contributed by atoms with E-state index in [0.29, 0.717) is 18.7 Å². The third-order valence-corrected chi connectivity index (χ3v) is 3.59. The smallest absolute Gasteiger partial charge is 0.254 e. The van der Waals surface area contributed by atoms with E-state index >= 15 is 0 Å². The average Bonchev–Trinajstić information content (AvgIpc) is 2.89. The van der Waals surface area contributed by atoms with Crippen molar-refractivity contribution in [2.45, 2.75) is 13.1 Å². The van der Waals surface area contributed by atoms with Gasteiger partial charge in [0.25, 0.3) is 5.91 Å². The summed E-state index contributed by atoms with van der Waals surface area (Å²) >= 11 is 0. The largest absolute Gasteiger partial charge is 0.378 e. The maximum atomic E-state index is 12.5. The number of nitrogens with zero attached hydrogens (tertiary/aromatic N) is 4. The number of hydrogen-bond acceptors (Lipinski definition) is 5. The average molecular weight is 283 g/mol. The van der Waals surface area contributed by atoms with Crippen molar-refractivity contribution in [3.63, 3.8) is 0 Å². The van der Waals surface area contributed by atoms with E-state index < -0.39 is 0 Å². The van der Waals surface area contributed by atoms with E-state index in [9.17, 15) is 4.79 Å². The number of carbonyl (C=O) groups is 1. The molecule has 3 rings (SSSR count). The molecule has 1 aliphatic heterocycles. The first-order chi connectivity index (χ1) is 10.0. The number of benzene rings is 1. The minimum absolute atomic E-state index is 0.00289. The lowest BCUT2D eigenvalue weighted by Crippen LogP contribution is -2.25. The maximum absolute atomic E-state index is 12.5. The van der Waals surface area contributed by atoms with Crippen molar-refractivity contribution in [3.8, 4) is 0 Å². The SMILES string of the molecule is CN(C)c1ccc(C(=O)N2Cc3cnc(N)nc3C2)cc1. The van der Waals surface area contributed by atoms with Crippen molar-refractivity contribution in [1.82, 2.24) is 14.9 Å². The summed E-state index contributed by atoms with van der Waals surface area (Å²) in [5, 5.41) is 0. The lowest BCUT2D eigenvalue weighted by molar-refractivity contribution is 0.0750. The van der Waals surface area contributed by atoms with Gasteiger partial charge in [-0.2, -0.15) is 0 Å². The number of rotatable bonds is 2. The summed E-state index contributed by atoms with van der Waals surface area (Å²) in [4.78, 5) is 24.4. The second-order valence-electron chi connectivity index (χ2n) is 5.30. The van der Waals surface area contributed by atoms with Gasteiger partial charge in [0.1, 0.15) is 0 Å². The van der Waals surface area contributed by atoms with E-state index in [1.807, 2.05) is 43.3 Å². The van der Waals surface area contributed by atoms with Crippen LogP contribution in [0.2, 0.25) is 0 Å². The summed E-state index contributed by atoms with van der Waals surface area (Å²) < 4.78 is 0. The fourth-order valence-corrected chi connectivity index (χ4v) is 2.40. The Hall–Kier alpha value is -2.63. The van der Waals surface area contributed by atoms with Gasteiger partial charge in [-0.3, -0.25) is 4.79 Å². The van der Waals surface area contributed by atoms with Gasteiger partial charge in [-0.25, -0.2) is 9.97 Å². The molecule has 0 saturated heterocycles. The van der Waals surface area contributed by atoms with Crippen LogP contribution >= 0.6 is 0 Å². The standard InChI is InChI=1S/C15H17N5O/c1-19(2)12-5-3-10(4-6-12)14(21)20-8-11-7-17-15(16)18-13(11)9-20/h3-7H,8-9H2,1-2H3,(H2,16,17,18). The van der Waals surface area contributed by atoms with E-state index in [1.54, 1.807) is 11.1 Å². The predicted octanol–water partition coefficient (Wildman–Crippen LogP) is 1.28. The van der Waals surface area contributed by atoms with E-state index in [0.717, 1.165) is 16.9 Å². The number of fused-ring (bicyclic) bond motifs is 1. The Morgan fingerprint density at radius 3 is 2.62 bits per heavy atom. The van der Waals surface area contributed by atoms with E-state index in [1.165, 1.54) is 0 Å². The van der Waals surface area contributed by atoms with Crippen molar-refractivity contribution in [3.05, 3.63) is 47.3 Å². The van der Waals surface area contributed by atoms with E-state index in [4.69, 9.17) is 5.73 Å². The molecule has 6 nitrogen and oxygen atoms in total. The minimum Gasteiger partial charge on any atom is -0.378 e. The Bertz CT molecular complexity index is 681. The minimum atomic E-state index is -0.00289. The molecule has 1 amide bonds. The Labute approximate surface area is 123 Å². The number of hydrogen-bond donors (Lipinski definition) is 1. The predicted molar refractivity (Wildman–Crippen MR) is 80.8 cm³/mol. The molecule has 2 aromatic rings. The molecule has 108 valence electrons. The van der Waals surface area contributed by atoms with Gasteiger partial charge >= 0.3 is 0 Å². The Morgan fingerprint density at radius 2 is 1.95 bits per heavy atom. The Morgan fingerprint density at radius 1 is 1.24 bits per heavy atom. The van der Waals surface area contributed by atoms with Crippen molar-refractivity contribution >= 4 is 17.5 Å². The fourth-order valence-electron chi connectivity index (χ4n) is 2.40. The molecule has 0 spiro atoms. The number of nitrogen functional groups attached to an aromatic ring is 1. The zero-order valence-electron chi connectivity index (χ0n) is 12.1. The molecule has 0 atom stereocenters. The first-order valence-electron chi connectivity index (χ1n) is 6.71. The Balaban J connectivity index is 1.78. The van der Waals surface area contributed by atoms with Gasteiger partial charge in [0.05, 0.1) is 12.2 Å². The normalized spacial score (nSPS) is 13.1. The van der Waals surface area contributed by atoms with Crippen LogP contribution < -0.4 is 10.6 Å². The molecule has 1 aliphatic rings. The highest BCUT2D eigenvalue weighted by molar-refractivity contribution is 5.94. The van der Waals surface area contributed by atoms with Crippen molar-refractivity contribution in [1.29, 1.82) is 0 Å². The molecule has 6 heteroatoms. The van der Waals surface area contributed by atoms with Gasteiger partial charge in [0, 0.05) is 43.7 Å². The highest BCUT2D eigenvalue weighted by Crippen LogP contribution is 2.23. The molecule has 0 bridgehead atoms. The zero-order valence-corrected chi connectivity index (χ0v) is 12.1. The van der Waals surface area contributed by atoms with Crippen LogP contribution in [0.4, 0.5) is 11.6 Å². The van der Waals surface area contributed by atoms with Crippen LogP contribution in [0, 0.1) is 0 Å². The number of anilines is 2. The molecule has 0 aliphatic carbocycles. The molecule has 1 aromatic carbocycles. The molecule has 2 N–H and O–H groups in total. The molecular weight excluding hydrogens is 266 g/mol. The van der Waals surface area contributed by atoms with Gasteiger partial charge in [-0.1, -0.05) is 0 Å². The topological polar surface area (TPSA) is 75.4 Å². The van der Waals surface area contributed by atoms with Crippen LogP contribution in [0.1, 0.15) is 21.6 Å². The van der Waals surface area contributed by atoms with Gasteiger partial charge in [0.15, 0.2) is 0 Å². The molecule has 0 fully saturated rings. The van der Waals surface area contributed by atoms with Crippen molar-refractivity contribution in [2.24, 2.45) is 0 Å². The molecule has 1 aromatic heterocycles. The highest BCUT2D eigenvalue weighted by Gasteiger charge is 2.25. The third-order valence-electron chi connectivity index (χ3n) is 3.59. The number of nitrogens with two attached hydrogens (primary N) is 1. The van der Waals surface area contributed by atoms with E-state index in [-0.39, 0.29) is 11.9 Å². The molecule has 21 heavy (non-hydrogen) atoms. The van der Waals surface area contributed by atoms with Gasteiger partial charge in [-0.15, -0.1) is 0 Å². The molecule has 2 heterocycles. The molecule has 0 saturated carbocycles. The van der Waals surface area contributed by atoms with Crippen LogP contribution in [-0.4, -0.2) is 34.9 Å². The van der Waals surface area contributed by atoms with Crippen LogP contribution in [0.15, 0.2) is 30.5 Å². The van der Waals surface area contributed by atoms with Crippen molar-refractivity contribution in [2.75, 3.05) is 24.7 Å². The Kier molecular flexibility index (Phi) is 3.21. The number of carbonyl (C=O) groups excluding carboxylic acids is 1. The molecule has 0 unspecified atom stereocenters. The monoisotopic (exact) mass is 283 g/mol.